The van der Waals surface area contributed by atoms with Gasteiger partial charge in [-0.05, 0) is 29.8 Å². The lowest BCUT2D eigenvalue weighted by Crippen LogP contribution is -2.22. The van der Waals surface area contributed by atoms with Crippen molar-refractivity contribution < 1.29 is 0 Å². The summed E-state index contributed by atoms with van der Waals surface area (Å²) in [5.74, 6) is 0.636. The number of aliphatic imine (C=N–C) groups is 1. The Kier molecular flexibility index (Phi) is 5.53. The van der Waals surface area contributed by atoms with Crippen molar-refractivity contribution in [3.05, 3.63) is 69.9 Å². The predicted molar refractivity (Wildman–Crippen MR) is 104 cm³/mol. The second-order valence-electron chi connectivity index (χ2n) is 5.19. The number of amidine groups is 1. The molecule has 0 aliphatic carbocycles. The van der Waals surface area contributed by atoms with Crippen LogP contribution in [0.15, 0.2) is 53.8 Å². The standard InChI is InChI=1S/C18H16ClN5S/c1-21-17(23-11-20)16-15(10-12-2-4-14(19)5-3-12)24-18(25-16)13-6-8-22-9-7-13/h2-9,11H,10H2,1H3,(H2,20,21,23). The number of benzene rings is 1. The average molecular weight is 370 g/mol. The maximum Gasteiger partial charge on any atom is 0.145 e. The van der Waals surface area contributed by atoms with E-state index in [-0.39, 0.29) is 0 Å². The number of rotatable bonds is 5. The first-order chi connectivity index (χ1) is 12.2. The van der Waals surface area contributed by atoms with Crippen molar-refractivity contribution in [2.24, 2.45) is 4.99 Å². The van der Waals surface area contributed by atoms with Gasteiger partial charge in [0.05, 0.1) is 16.9 Å². The van der Waals surface area contributed by atoms with Gasteiger partial charge in [-0.25, -0.2) is 4.98 Å². The Bertz CT molecular complexity index is 888. The van der Waals surface area contributed by atoms with Gasteiger partial charge in [-0.3, -0.25) is 15.4 Å². The summed E-state index contributed by atoms with van der Waals surface area (Å²) in [5, 5.41) is 11.8. The van der Waals surface area contributed by atoms with Crippen molar-refractivity contribution in [1.82, 2.24) is 15.3 Å². The van der Waals surface area contributed by atoms with Crippen LogP contribution in [0.25, 0.3) is 10.6 Å². The molecule has 2 heterocycles. The third kappa shape index (κ3) is 4.10. The van der Waals surface area contributed by atoms with E-state index in [1.807, 2.05) is 36.4 Å². The van der Waals surface area contributed by atoms with Crippen LogP contribution in [0.1, 0.15) is 16.1 Å². The van der Waals surface area contributed by atoms with E-state index in [1.54, 1.807) is 30.8 Å². The lowest BCUT2D eigenvalue weighted by atomic mass is 10.1. The number of nitrogens with zero attached hydrogens (tertiary/aromatic N) is 3. The van der Waals surface area contributed by atoms with Crippen molar-refractivity contribution in [3.8, 4) is 10.6 Å². The van der Waals surface area contributed by atoms with Crippen LogP contribution < -0.4 is 5.32 Å². The molecule has 0 radical (unpaired) electrons. The summed E-state index contributed by atoms with van der Waals surface area (Å²) >= 11 is 7.52. The lowest BCUT2D eigenvalue weighted by Gasteiger charge is -2.05. The molecule has 25 heavy (non-hydrogen) atoms. The third-order valence-corrected chi connectivity index (χ3v) is 4.96. The zero-order valence-corrected chi connectivity index (χ0v) is 15.1. The Morgan fingerprint density at radius 1 is 1.24 bits per heavy atom. The number of thiazole rings is 1. The summed E-state index contributed by atoms with van der Waals surface area (Å²) in [6.07, 6.45) is 5.28. The van der Waals surface area contributed by atoms with E-state index in [1.165, 1.54) is 0 Å². The molecule has 1 aromatic carbocycles. The number of hydrogen-bond acceptors (Lipinski definition) is 5. The second-order valence-corrected chi connectivity index (χ2v) is 6.63. The van der Waals surface area contributed by atoms with Crippen LogP contribution >= 0.6 is 22.9 Å². The van der Waals surface area contributed by atoms with E-state index in [9.17, 15) is 0 Å². The van der Waals surface area contributed by atoms with Crippen molar-refractivity contribution in [1.29, 1.82) is 5.41 Å². The van der Waals surface area contributed by atoms with Gasteiger partial charge >= 0.3 is 0 Å². The van der Waals surface area contributed by atoms with Gasteiger partial charge in [0.15, 0.2) is 0 Å². The average Bonchev–Trinajstić information content (AvgIpc) is 3.06. The maximum atomic E-state index is 7.32. The molecule has 126 valence electrons. The Balaban J connectivity index is 2.03. The van der Waals surface area contributed by atoms with E-state index in [0.29, 0.717) is 17.3 Å². The van der Waals surface area contributed by atoms with E-state index in [2.05, 4.69) is 15.3 Å². The first-order valence-electron chi connectivity index (χ1n) is 7.58. The summed E-state index contributed by atoms with van der Waals surface area (Å²) in [5.41, 5.74) is 3.03. The zero-order chi connectivity index (χ0) is 17.6. The van der Waals surface area contributed by atoms with E-state index >= 15 is 0 Å². The minimum atomic E-state index is 0.636. The highest BCUT2D eigenvalue weighted by molar-refractivity contribution is 7.17. The molecule has 3 rings (SSSR count). The monoisotopic (exact) mass is 369 g/mol. The highest BCUT2D eigenvalue weighted by Gasteiger charge is 2.17. The molecule has 2 N–H and O–H groups in total. The molecule has 0 unspecified atom stereocenters. The van der Waals surface area contributed by atoms with Crippen molar-refractivity contribution in [3.63, 3.8) is 0 Å². The molecule has 7 heteroatoms. The van der Waals surface area contributed by atoms with Crippen LogP contribution in [-0.4, -0.2) is 29.2 Å². The normalized spacial score (nSPS) is 11.4. The molecule has 0 saturated carbocycles. The summed E-state index contributed by atoms with van der Waals surface area (Å²) in [7, 11) is 1.70. The van der Waals surface area contributed by atoms with Crippen LogP contribution in [0, 0.1) is 5.41 Å². The molecule has 0 saturated heterocycles. The molecule has 3 aromatic rings. The fourth-order valence-electron chi connectivity index (χ4n) is 2.37. The Labute approximate surface area is 155 Å². The largest absolute Gasteiger partial charge is 0.331 e. The number of aromatic nitrogens is 2. The summed E-state index contributed by atoms with van der Waals surface area (Å²) in [6.45, 7) is 0. The van der Waals surface area contributed by atoms with Crippen LogP contribution in [0.4, 0.5) is 0 Å². The van der Waals surface area contributed by atoms with Crippen LogP contribution in [-0.2, 0) is 6.42 Å². The maximum absolute atomic E-state index is 7.32. The van der Waals surface area contributed by atoms with Crippen LogP contribution in [0.5, 0.6) is 0 Å². The summed E-state index contributed by atoms with van der Waals surface area (Å²) in [6, 6.07) is 11.6. The lowest BCUT2D eigenvalue weighted by molar-refractivity contribution is 1.10. The molecule has 0 amide bonds. The predicted octanol–water partition coefficient (Wildman–Crippen LogP) is 4.02. The fourth-order valence-corrected chi connectivity index (χ4v) is 3.58. The first kappa shape index (κ1) is 17.3. The topological polar surface area (TPSA) is 74.0 Å². The summed E-state index contributed by atoms with van der Waals surface area (Å²) in [4.78, 5) is 14.1. The Morgan fingerprint density at radius 2 is 1.96 bits per heavy atom. The molecule has 5 nitrogen and oxygen atoms in total. The third-order valence-electron chi connectivity index (χ3n) is 3.56. The minimum absolute atomic E-state index is 0.636. The van der Waals surface area contributed by atoms with Gasteiger partial charge in [0, 0.05) is 36.4 Å². The van der Waals surface area contributed by atoms with Gasteiger partial charge in [-0.15, -0.1) is 11.3 Å². The van der Waals surface area contributed by atoms with E-state index in [4.69, 9.17) is 22.0 Å². The number of pyridine rings is 1. The molecule has 0 aliphatic rings. The van der Waals surface area contributed by atoms with E-state index < -0.39 is 0 Å². The molecule has 0 spiro atoms. The van der Waals surface area contributed by atoms with Gasteiger partial charge in [-0.1, -0.05) is 23.7 Å². The zero-order valence-electron chi connectivity index (χ0n) is 13.5. The molecule has 0 bridgehead atoms. The van der Waals surface area contributed by atoms with Crippen molar-refractivity contribution >= 4 is 35.1 Å². The van der Waals surface area contributed by atoms with Gasteiger partial charge in [-0.2, -0.15) is 0 Å². The SMILES string of the molecule is C/N=C(\NC=N)c1sc(-c2ccncc2)nc1Cc1ccc(Cl)cc1. The van der Waals surface area contributed by atoms with Crippen molar-refractivity contribution in [2.45, 2.75) is 6.42 Å². The highest BCUT2D eigenvalue weighted by atomic mass is 35.5. The Hall–Kier alpha value is -2.57. The molecule has 2 aromatic heterocycles. The number of nitrogens with one attached hydrogen (secondary N) is 2. The van der Waals surface area contributed by atoms with Gasteiger partial charge < -0.3 is 5.32 Å². The molecule has 0 atom stereocenters. The number of hydrogen-bond donors (Lipinski definition) is 2. The van der Waals surface area contributed by atoms with Crippen LogP contribution in [0.3, 0.4) is 0 Å². The fraction of sp³-hybridized carbons (Fsp3) is 0.111. The molecule has 0 fully saturated rings. The summed E-state index contributed by atoms with van der Waals surface area (Å²) < 4.78 is 0. The molecule has 0 aliphatic heterocycles. The van der Waals surface area contributed by atoms with Gasteiger partial charge in [0.25, 0.3) is 0 Å². The van der Waals surface area contributed by atoms with Gasteiger partial charge in [0.1, 0.15) is 10.8 Å². The van der Waals surface area contributed by atoms with Crippen molar-refractivity contribution in [2.75, 3.05) is 7.05 Å². The second kappa shape index (κ2) is 8.00. The first-order valence-corrected chi connectivity index (χ1v) is 8.78. The molecular formula is C18H16ClN5S. The van der Waals surface area contributed by atoms with Crippen LogP contribution in [0.2, 0.25) is 5.02 Å². The minimum Gasteiger partial charge on any atom is -0.331 e. The Morgan fingerprint density at radius 3 is 2.60 bits per heavy atom. The van der Waals surface area contributed by atoms with Gasteiger partial charge in [0.2, 0.25) is 0 Å². The van der Waals surface area contributed by atoms with E-state index in [0.717, 1.165) is 33.0 Å². The number of halogens is 1. The quantitative estimate of drug-likeness (QED) is 0.527. The smallest absolute Gasteiger partial charge is 0.145 e. The highest BCUT2D eigenvalue weighted by Crippen LogP contribution is 2.29. The molecular weight excluding hydrogens is 354 g/mol.